The number of esters is 1. The third kappa shape index (κ3) is 6.24. The maximum atomic E-state index is 15.7. The second kappa shape index (κ2) is 13.1. The van der Waals surface area contributed by atoms with Gasteiger partial charge < -0.3 is 18.8 Å². The summed E-state index contributed by atoms with van der Waals surface area (Å²) in [6, 6.07) is 20.7. The Kier molecular flexibility index (Phi) is 8.89. The summed E-state index contributed by atoms with van der Waals surface area (Å²) in [5, 5.41) is 18.9. The number of aromatic nitrogens is 3. The first-order chi connectivity index (χ1) is 21.3. The molecule has 0 aliphatic rings. The number of hydrogen-bond acceptors (Lipinski definition) is 8. The van der Waals surface area contributed by atoms with Crippen molar-refractivity contribution in [3.8, 4) is 29.3 Å². The Labute approximate surface area is 251 Å². The normalized spacial score (nSPS) is 10.8. The van der Waals surface area contributed by atoms with Crippen LogP contribution in [0.5, 0.6) is 5.88 Å². The van der Waals surface area contributed by atoms with E-state index >= 15 is 4.39 Å². The molecule has 0 amide bonds. The quantitative estimate of drug-likeness (QED) is 0.188. The maximum absolute atomic E-state index is 15.7. The van der Waals surface area contributed by atoms with E-state index in [2.05, 4.69) is 16.0 Å². The molecule has 44 heavy (non-hydrogen) atoms. The summed E-state index contributed by atoms with van der Waals surface area (Å²) in [6.45, 7) is 0.600. The van der Waals surface area contributed by atoms with Crippen LogP contribution in [0.25, 0.3) is 22.3 Å². The Morgan fingerprint density at radius 2 is 1.80 bits per heavy atom. The van der Waals surface area contributed by atoms with E-state index in [4.69, 9.17) is 19.5 Å². The number of rotatable bonds is 10. The predicted octanol–water partition coefficient (Wildman–Crippen LogP) is 5.72. The molecule has 2 aromatic heterocycles. The monoisotopic (exact) mass is 593 g/mol. The first kappa shape index (κ1) is 29.8. The minimum absolute atomic E-state index is 0.00763. The zero-order chi connectivity index (χ0) is 31.2. The van der Waals surface area contributed by atoms with Crippen LogP contribution >= 0.6 is 0 Å². The summed E-state index contributed by atoms with van der Waals surface area (Å²) in [4.78, 5) is 21.2. The molecular formula is C33H25F2N5O4. The molecule has 0 saturated carbocycles. The molecule has 3 aromatic carbocycles. The fraction of sp³-hybridized carbons (Fsp3) is 0.182. The third-order valence-corrected chi connectivity index (χ3v) is 7.00. The Balaban J connectivity index is 1.44. The standard InChI is InChI=1S/C33H25F2N5O4/c1-42-11-10-40-30-15-21(33(41)43-2)8-9-29(30)38-31(40)16-25-24(18-37)13-23(14-27(25)35)28-4-3-5-32(39-28)44-19-22-7-6-20(17-36)12-26(22)34/h3-9,12-15H,10-11,16,19H2,1-2H3. The van der Waals surface area contributed by atoms with Crippen molar-refractivity contribution in [2.45, 2.75) is 19.6 Å². The molecule has 0 spiro atoms. The maximum Gasteiger partial charge on any atom is 0.337 e. The van der Waals surface area contributed by atoms with Gasteiger partial charge in [-0.15, -0.1) is 0 Å². The Bertz CT molecular complexity index is 1960. The van der Waals surface area contributed by atoms with Gasteiger partial charge >= 0.3 is 5.97 Å². The molecule has 0 aliphatic heterocycles. The molecule has 2 heterocycles. The van der Waals surface area contributed by atoms with Crippen LogP contribution in [0.2, 0.25) is 0 Å². The van der Waals surface area contributed by atoms with Crippen LogP contribution < -0.4 is 4.74 Å². The second-order valence-corrected chi connectivity index (χ2v) is 9.71. The molecule has 5 aromatic rings. The van der Waals surface area contributed by atoms with E-state index in [0.29, 0.717) is 46.8 Å². The number of imidazole rings is 1. The summed E-state index contributed by atoms with van der Waals surface area (Å²) in [6.07, 6.45) is 0.00763. The van der Waals surface area contributed by atoms with Gasteiger partial charge in [0.2, 0.25) is 5.88 Å². The van der Waals surface area contributed by atoms with Gasteiger partial charge in [-0.2, -0.15) is 10.5 Å². The van der Waals surface area contributed by atoms with Crippen LogP contribution in [-0.4, -0.2) is 41.3 Å². The van der Waals surface area contributed by atoms with E-state index in [1.54, 1.807) is 49.6 Å². The molecule has 0 aliphatic carbocycles. The van der Waals surface area contributed by atoms with Crippen molar-refractivity contribution in [3.05, 3.63) is 112 Å². The van der Waals surface area contributed by atoms with Gasteiger partial charge in [0.1, 0.15) is 24.1 Å². The second-order valence-electron chi connectivity index (χ2n) is 9.71. The topological polar surface area (TPSA) is 123 Å². The van der Waals surface area contributed by atoms with Gasteiger partial charge in [-0.3, -0.25) is 0 Å². The average Bonchev–Trinajstić information content (AvgIpc) is 3.39. The average molecular weight is 594 g/mol. The van der Waals surface area contributed by atoms with Crippen LogP contribution in [0.3, 0.4) is 0 Å². The van der Waals surface area contributed by atoms with E-state index < -0.39 is 17.6 Å². The van der Waals surface area contributed by atoms with Crippen molar-refractivity contribution < 1.29 is 27.8 Å². The molecule has 220 valence electrons. The van der Waals surface area contributed by atoms with Crippen molar-refractivity contribution in [1.29, 1.82) is 10.5 Å². The Hall–Kier alpha value is -5.65. The number of fused-ring (bicyclic) bond motifs is 1. The highest BCUT2D eigenvalue weighted by atomic mass is 19.1. The highest BCUT2D eigenvalue weighted by molar-refractivity contribution is 5.93. The number of carbonyl (C=O) groups excluding carboxylic acids is 1. The summed E-state index contributed by atoms with van der Waals surface area (Å²) >= 11 is 0. The zero-order valence-corrected chi connectivity index (χ0v) is 23.8. The van der Waals surface area contributed by atoms with Crippen molar-refractivity contribution in [3.63, 3.8) is 0 Å². The molecule has 0 fully saturated rings. The van der Waals surface area contributed by atoms with Crippen LogP contribution in [0.4, 0.5) is 8.78 Å². The van der Waals surface area contributed by atoms with E-state index in [9.17, 15) is 14.4 Å². The number of benzene rings is 3. The number of nitrogens with zero attached hydrogens (tertiary/aromatic N) is 5. The molecule has 0 radical (unpaired) electrons. The lowest BCUT2D eigenvalue weighted by molar-refractivity contribution is 0.0601. The largest absolute Gasteiger partial charge is 0.473 e. The molecule has 0 N–H and O–H groups in total. The number of halogens is 2. The summed E-state index contributed by atoms with van der Waals surface area (Å²) in [5.74, 6) is -1.02. The summed E-state index contributed by atoms with van der Waals surface area (Å²) in [7, 11) is 2.86. The van der Waals surface area contributed by atoms with Crippen LogP contribution in [0.15, 0.2) is 66.7 Å². The fourth-order valence-corrected chi connectivity index (χ4v) is 4.75. The number of methoxy groups -OCH3 is 2. The van der Waals surface area contributed by atoms with Crippen LogP contribution in [-0.2, 0) is 29.0 Å². The Morgan fingerprint density at radius 3 is 2.52 bits per heavy atom. The van der Waals surface area contributed by atoms with Crippen molar-refractivity contribution >= 4 is 17.0 Å². The minimum atomic E-state index is -0.618. The van der Waals surface area contributed by atoms with E-state index in [1.165, 1.54) is 25.3 Å². The van der Waals surface area contributed by atoms with Gasteiger partial charge in [0.05, 0.1) is 59.3 Å². The smallest absolute Gasteiger partial charge is 0.337 e. The lowest BCUT2D eigenvalue weighted by atomic mass is 9.99. The van der Waals surface area contributed by atoms with Crippen molar-refractivity contribution in [2.24, 2.45) is 0 Å². The van der Waals surface area contributed by atoms with Gasteiger partial charge in [0.25, 0.3) is 0 Å². The third-order valence-electron chi connectivity index (χ3n) is 7.00. The lowest BCUT2D eigenvalue weighted by Crippen LogP contribution is -2.11. The lowest BCUT2D eigenvalue weighted by Gasteiger charge is -2.12. The number of hydrogen-bond donors (Lipinski definition) is 0. The first-order valence-electron chi connectivity index (χ1n) is 13.4. The summed E-state index contributed by atoms with van der Waals surface area (Å²) in [5.41, 5.74) is 3.01. The Morgan fingerprint density at radius 1 is 0.955 bits per heavy atom. The molecular weight excluding hydrogens is 568 g/mol. The molecule has 11 heteroatoms. The molecule has 5 rings (SSSR count). The summed E-state index contributed by atoms with van der Waals surface area (Å²) < 4.78 is 47.6. The van der Waals surface area contributed by atoms with Crippen molar-refractivity contribution in [2.75, 3.05) is 20.8 Å². The first-order valence-corrected chi connectivity index (χ1v) is 13.4. The number of ether oxygens (including phenoxy) is 3. The highest BCUT2D eigenvalue weighted by Crippen LogP contribution is 2.28. The van der Waals surface area contributed by atoms with Crippen molar-refractivity contribution in [1.82, 2.24) is 14.5 Å². The molecule has 0 atom stereocenters. The zero-order valence-electron chi connectivity index (χ0n) is 23.8. The van der Waals surface area contributed by atoms with E-state index in [0.717, 1.165) is 6.07 Å². The van der Waals surface area contributed by atoms with Gasteiger partial charge in [0, 0.05) is 42.8 Å². The number of carbonyl (C=O) groups is 1. The minimum Gasteiger partial charge on any atom is -0.473 e. The van der Waals surface area contributed by atoms with E-state index in [-0.39, 0.29) is 41.2 Å². The fourth-order valence-electron chi connectivity index (χ4n) is 4.75. The highest BCUT2D eigenvalue weighted by Gasteiger charge is 2.19. The van der Waals surface area contributed by atoms with E-state index in [1.807, 2.05) is 10.6 Å². The van der Waals surface area contributed by atoms with Gasteiger partial charge in [-0.1, -0.05) is 12.1 Å². The van der Waals surface area contributed by atoms with Gasteiger partial charge in [0.15, 0.2) is 0 Å². The molecule has 0 unspecified atom stereocenters. The predicted molar refractivity (Wildman–Crippen MR) is 156 cm³/mol. The van der Waals surface area contributed by atoms with Crippen LogP contribution in [0, 0.1) is 34.3 Å². The molecule has 0 saturated heterocycles. The number of nitriles is 2. The van der Waals surface area contributed by atoms with Gasteiger partial charge in [-0.25, -0.2) is 23.5 Å². The number of pyridine rings is 1. The molecule has 9 nitrogen and oxygen atoms in total. The SMILES string of the molecule is COCCn1c(Cc2c(F)cc(-c3cccc(OCc4ccc(C#N)cc4F)n3)cc2C#N)nc2ccc(C(=O)OC)cc21. The molecule has 0 bridgehead atoms. The van der Waals surface area contributed by atoms with Gasteiger partial charge in [-0.05, 0) is 48.5 Å². The van der Waals surface area contributed by atoms with Crippen LogP contribution in [0.1, 0.15) is 38.4 Å².